The highest BCUT2D eigenvalue weighted by Gasteiger charge is 2.28. The quantitative estimate of drug-likeness (QED) is 0.744. The highest BCUT2D eigenvalue weighted by Crippen LogP contribution is 2.27. The average Bonchev–Trinajstić information content (AvgIpc) is 2.71. The van der Waals surface area contributed by atoms with Crippen LogP contribution in [0.3, 0.4) is 0 Å². The minimum absolute atomic E-state index is 0.243. The fraction of sp³-hybridized carbons (Fsp3) is 0.500. The Bertz CT molecular complexity index is 307. The topological polar surface area (TPSA) is 62.5 Å². The number of rotatable bonds is 2. The van der Waals surface area contributed by atoms with E-state index in [2.05, 4.69) is 5.32 Å². The fourth-order valence-electron chi connectivity index (χ4n) is 1.89. The summed E-state index contributed by atoms with van der Waals surface area (Å²) in [6.45, 7) is 0.738. The summed E-state index contributed by atoms with van der Waals surface area (Å²) < 4.78 is 5.28. The van der Waals surface area contributed by atoms with Crippen LogP contribution in [0, 0.1) is 0 Å². The monoisotopic (exact) mass is 195 g/mol. The van der Waals surface area contributed by atoms with E-state index in [9.17, 15) is 4.79 Å². The number of carbonyl (C=O) groups is 1. The zero-order valence-corrected chi connectivity index (χ0v) is 7.77. The van der Waals surface area contributed by atoms with E-state index in [1.54, 1.807) is 6.26 Å². The minimum Gasteiger partial charge on any atom is -0.480 e. The first-order valence-electron chi connectivity index (χ1n) is 4.77. The maximum Gasteiger partial charge on any atom is 0.320 e. The number of hydrogen-bond donors (Lipinski definition) is 2. The summed E-state index contributed by atoms with van der Waals surface area (Å²) in [5.41, 5.74) is 0. The molecule has 0 aliphatic carbocycles. The van der Waals surface area contributed by atoms with Gasteiger partial charge in [-0.2, -0.15) is 0 Å². The smallest absolute Gasteiger partial charge is 0.320 e. The second kappa shape index (κ2) is 3.84. The van der Waals surface area contributed by atoms with E-state index in [0.29, 0.717) is 6.42 Å². The third kappa shape index (κ3) is 1.80. The molecule has 2 atom stereocenters. The molecule has 76 valence electrons. The summed E-state index contributed by atoms with van der Waals surface area (Å²) in [7, 11) is 0. The third-order valence-corrected chi connectivity index (χ3v) is 2.65. The van der Waals surface area contributed by atoms with E-state index >= 15 is 0 Å². The van der Waals surface area contributed by atoms with Gasteiger partial charge in [0.2, 0.25) is 0 Å². The molecule has 1 saturated heterocycles. The largest absolute Gasteiger partial charge is 0.480 e. The molecule has 2 heterocycles. The molecule has 4 heteroatoms. The van der Waals surface area contributed by atoms with Crippen LogP contribution in [0.1, 0.15) is 24.5 Å². The van der Waals surface area contributed by atoms with Crippen LogP contribution in [-0.4, -0.2) is 23.7 Å². The highest BCUT2D eigenvalue weighted by atomic mass is 16.4. The standard InChI is InChI=1S/C10H13NO3/c12-10(13)8-6-7(3-4-11-8)9-2-1-5-14-9/h1-2,5,7-8,11H,3-4,6H2,(H,12,13). The Labute approximate surface area is 81.9 Å². The normalized spacial score (nSPS) is 27.4. The maximum absolute atomic E-state index is 10.8. The van der Waals surface area contributed by atoms with E-state index in [0.717, 1.165) is 18.7 Å². The molecule has 0 aromatic carbocycles. The van der Waals surface area contributed by atoms with E-state index in [1.165, 1.54) is 0 Å². The lowest BCUT2D eigenvalue weighted by Gasteiger charge is -2.26. The number of nitrogens with one attached hydrogen (secondary N) is 1. The van der Waals surface area contributed by atoms with Crippen molar-refractivity contribution in [2.24, 2.45) is 0 Å². The molecule has 1 aliphatic rings. The van der Waals surface area contributed by atoms with Crippen molar-refractivity contribution in [3.63, 3.8) is 0 Å². The number of carboxylic acids is 1. The first kappa shape index (κ1) is 9.27. The van der Waals surface area contributed by atoms with Gasteiger partial charge in [0.05, 0.1) is 6.26 Å². The van der Waals surface area contributed by atoms with Gasteiger partial charge >= 0.3 is 5.97 Å². The molecule has 2 unspecified atom stereocenters. The van der Waals surface area contributed by atoms with Crippen molar-refractivity contribution in [1.29, 1.82) is 0 Å². The fourth-order valence-corrected chi connectivity index (χ4v) is 1.89. The molecule has 1 fully saturated rings. The van der Waals surface area contributed by atoms with Gasteiger partial charge < -0.3 is 14.8 Å². The van der Waals surface area contributed by atoms with Crippen molar-refractivity contribution >= 4 is 5.97 Å². The second-order valence-electron chi connectivity index (χ2n) is 3.58. The lowest BCUT2D eigenvalue weighted by molar-refractivity contribution is -0.140. The number of hydrogen-bond acceptors (Lipinski definition) is 3. The van der Waals surface area contributed by atoms with Crippen LogP contribution in [0.2, 0.25) is 0 Å². The number of furan rings is 1. The first-order chi connectivity index (χ1) is 6.77. The van der Waals surface area contributed by atoms with Crippen LogP contribution in [0.4, 0.5) is 0 Å². The predicted octanol–water partition coefficient (Wildman–Crippen LogP) is 1.20. The molecule has 0 amide bonds. The van der Waals surface area contributed by atoms with Gasteiger partial charge in [0.1, 0.15) is 11.8 Å². The van der Waals surface area contributed by atoms with Crippen LogP contribution < -0.4 is 5.32 Å². The van der Waals surface area contributed by atoms with Crippen LogP contribution in [0.25, 0.3) is 0 Å². The van der Waals surface area contributed by atoms with Crippen molar-refractivity contribution in [2.75, 3.05) is 6.54 Å². The summed E-state index contributed by atoms with van der Waals surface area (Å²) in [6, 6.07) is 3.32. The van der Waals surface area contributed by atoms with E-state index in [-0.39, 0.29) is 5.92 Å². The number of carboxylic acid groups (broad SMARTS) is 1. The Morgan fingerprint density at radius 3 is 3.14 bits per heavy atom. The second-order valence-corrected chi connectivity index (χ2v) is 3.58. The molecular formula is C10H13NO3. The van der Waals surface area contributed by atoms with Crippen molar-refractivity contribution in [3.05, 3.63) is 24.2 Å². The van der Waals surface area contributed by atoms with Gasteiger partial charge in [0.25, 0.3) is 0 Å². The SMILES string of the molecule is O=C(O)C1CC(c2ccco2)CCN1. The minimum atomic E-state index is -0.777. The van der Waals surface area contributed by atoms with Gasteiger partial charge in [-0.1, -0.05) is 0 Å². The zero-order valence-electron chi connectivity index (χ0n) is 7.77. The molecule has 0 spiro atoms. The molecular weight excluding hydrogens is 182 g/mol. The van der Waals surface area contributed by atoms with E-state index in [1.807, 2.05) is 12.1 Å². The van der Waals surface area contributed by atoms with Crippen LogP contribution in [0.15, 0.2) is 22.8 Å². The van der Waals surface area contributed by atoms with Gasteiger partial charge in [-0.25, -0.2) is 0 Å². The van der Waals surface area contributed by atoms with Crippen molar-refractivity contribution in [3.8, 4) is 0 Å². The maximum atomic E-state index is 10.8. The summed E-state index contributed by atoms with van der Waals surface area (Å²) in [6.07, 6.45) is 3.19. The molecule has 4 nitrogen and oxygen atoms in total. The number of aliphatic carboxylic acids is 1. The summed E-state index contributed by atoms with van der Waals surface area (Å²) >= 11 is 0. The molecule has 0 bridgehead atoms. The molecule has 1 aliphatic heterocycles. The first-order valence-corrected chi connectivity index (χ1v) is 4.77. The Morgan fingerprint density at radius 2 is 2.50 bits per heavy atom. The summed E-state index contributed by atoms with van der Waals surface area (Å²) in [5.74, 6) is 0.367. The number of piperidine rings is 1. The molecule has 1 aromatic rings. The molecule has 1 aromatic heterocycles. The van der Waals surface area contributed by atoms with Crippen LogP contribution in [0.5, 0.6) is 0 Å². The van der Waals surface area contributed by atoms with Gasteiger partial charge in [-0.15, -0.1) is 0 Å². The third-order valence-electron chi connectivity index (χ3n) is 2.65. The lowest BCUT2D eigenvalue weighted by atomic mass is 9.90. The van der Waals surface area contributed by atoms with Gasteiger partial charge in [-0.3, -0.25) is 4.79 Å². The zero-order chi connectivity index (χ0) is 9.97. The summed E-state index contributed by atoms with van der Waals surface area (Å²) in [4.78, 5) is 10.8. The Balaban J connectivity index is 2.04. The molecule has 14 heavy (non-hydrogen) atoms. The van der Waals surface area contributed by atoms with Gasteiger partial charge in [0.15, 0.2) is 0 Å². The van der Waals surface area contributed by atoms with Gasteiger partial charge in [0, 0.05) is 5.92 Å². The van der Waals surface area contributed by atoms with E-state index < -0.39 is 12.0 Å². The van der Waals surface area contributed by atoms with Crippen molar-refractivity contribution < 1.29 is 14.3 Å². The van der Waals surface area contributed by atoms with Gasteiger partial charge in [-0.05, 0) is 31.5 Å². The Hall–Kier alpha value is -1.29. The Morgan fingerprint density at radius 1 is 1.64 bits per heavy atom. The van der Waals surface area contributed by atoms with Crippen LogP contribution in [-0.2, 0) is 4.79 Å². The Kier molecular flexibility index (Phi) is 2.54. The lowest BCUT2D eigenvalue weighted by Crippen LogP contribution is -2.42. The highest BCUT2D eigenvalue weighted by molar-refractivity contribution is 5.73. The molecule has 2 rings (SSSR count). The predicted molar refractivity (Wildman–Crippen MR) is 50.1 cm³/mol. The van der Waals surface area contributed by atoms with Crippen molar-refractivity contribution in [1.82, 2.24) is 5.32 Å². The average molecular weight is 195 g/mol. The molecule has 2 N–H and O–H groups in total. The molecule has 0 radical (unpaired) electrons. The summed E-state index contributed by atoms with van der Waals surface area (Å²) in [5, 5.41) is 11.8. The van der Waals surface area contributed by atoms with E-state index in [4.69, 9.17) is 9.52 Å². The molecule has 0 saturated carbocycles. The van der Waals surface area contributed by atoms with Crippen molar-refractivity contribution in [2.45, 2.75) is 24.8 Å². The van der Waals surface area contributed by atoms with Crippen LogP contribution >= 0.6 is 0 Å².